The molecule has 3 aromatic rings. The first-order valence-electron chi connectivity index (χ1n) is 6.47. The van der Waals surface area contributed by atoms with Crippen molar-refractivity contribution in [2.24, 2.45) is 0 Å². The van der Waals surface area contributed by atoms with Gasteiger partial charge in [-0.3, -0.25) is 4.57 Å². The van der Waals surface area contributed by atoms with Gasteiger partial charge in [0.15, 0.2) is 0 Å². The van der Waals surface area contributed by atoms with E-state index in [1.807, 2.05) is 47.0 Å². The van der Waals surface area contributed by atoms with Crippen molar-refractivity contribution >= 4 is 38.6 Å². The number of nitrogens with zero attached hydrogens (tertiary/aromatic N) is 3. The van der Waals surface area contributed by atoms with Gasteiger partial charge in [-0.2, -0.15) is 5.26 Å². The number of alkyl halides is 1. The molecule has 2 aromatic carbocycles. The molecule has 5 heteroatoms. The van der Waals surface area contributed by atoms with Crippen LogP contribution in [0, 0.1) is 11.3 Å². The lowest BCUT2D eigenvalue weighted by molar-refractivity contribution is 0.910. The van der Waals surface area contributed by atoms with Gasteiger partial charge in [0.05, 0.1) is 22.3 Å². The van der Waals surface area contributed by atoms with Crippen molar-refractivity contribution in [3.8, 4) is 11.8 Å². The lowest BCUT2D eigenvalue weighted by Crippen LogP contribution is -2.04. The van der Waals surface area contributed by atoms with E-state index >= 15 is 0 Å². The third-order valence-electron chi connectivity index (χ3n) is 3.27. The van der Waals surface area contributed by atoms with E-state index in [9.17, 15) is 5.26 Å². The average molecular weight is 361 g/mol. The molecular formula is C16H11BrClN3. The Kier molecular flexibility index (Phi) is 3.96. The van der Waals surface area contributed by atoms with Crippen LogP contribution in [0.3, 0.4) is 0 Å². The summed E-state index contributed by atoms with van der Waals surface area (Å²) in [7, 11) is 0. The minimum Gasteiger partial charge on any atom is -0.295 e. The number of fused-ring (bicyclic) bond motifs is 1. The van der Waals surface area contributed by atoms with E-state index in [2.05, 4.69) is 27.0 Å². The van der Waals surface area contributed by atoms with Gasteiger partial charge in [-0.25, -0.2) is 4.98 Å². The number of imidazole rings is 1. The highest BCUT2D eigenvalue weighted by molar-refractivity contribution is 9.10. The lowest BCUT2D eigenvalue weighted by atomic mass is 10.2. The molecule has 0 radical (unpaired) electrons. The molecule has 3 nitrogen and oxygen atoms in total. The summed E-state index contributed by atoms with van der Waals surface area (Å²) in [6, 6.07) is 15.8. The van der Waals surface area contributed by atoms with Crippen molar-refractivity contribution in [2.75, 3.05) is 5.88 Å². The fraction of sp³-hybridized carbons (Fsp3) is 0.125. The first kappa shape index (κ1) is 14.1. The van der Waals surface area contributed by atoms with Crippen LogP contribution in [-0.4, -0.2) is 15.4 Å². The molecule has 104 valence electrons. The number of hydrogen-bond donors (Lipinski definition) is 0. The van der Waals surface area contributed by atoms with E-state index in [0.717, 1.165) is 27.0 Å². The highest BCUT2D eigenvalue weighted by atomic mass is 79.9. The van der Waals surface area contributed by atoms with Crippen LogP contribution in [0.4, 0.5) is 0 Å². The maximum absolute atomic E-state index is 9.40. The van der Waals surface area contributed by atoms with Crippen LogP contribution in [-0.2, 0) is 6.42 Å². The fourth-order valence-corrected chi connectivity index (χ4v) is 2.92. The molecule has 0 aliphatic heterocycles. The summed E-state index contributed by atoms with van der Waals surface area (Å²) in [4.78, 5) is 4.63. The highest BCUT2D eigenvalue weighted by Gasteiger charge is 2.14. The second-order valence-corrected chi connectivity index (χ2v) is 5.86. The van der Waals surface area contributed by atoms with Crippen molar-refractivity contribution < 1.29 is 0 Å². The standard InChI is InChI=1S/C16H11BrClN3/c17-12-5-6-14(11(9-12)10-19)21-15-4-2-1-3-13(15)20-16(21)7-8-18/h1-6,9H,7-8H2. The fourth-order valence-electron chi connectivity index (χ4n) is 2.39. The Bertz CT molecular complexity index is 848. The van der Waals surface area contributed by atoms with Gasteiger partial charge < -0.3 is 0 Å². The molecule has 0 spiro atoms. The molecule has 1 aromatic heterocycles. The van der Waals surface area contributed by atoms with Crippen LogP contribution < -0.4 is 0 Å². The number of benzene rings is 2. The van der Waals surface area contributed by atoms with Crippen molar-refractivity contribution in [1.29, 1.82) is 5.26 Å². The van der Waals surface area contributed by atoms with Gasteiger partial charge in [0.1, 0.15) is 11.9 Å². The van der Waals surface area contributed by atoms with Crippen molar-refractivity contribution in [3.63, 3.8) is 0 Å². The molecule has 0 saturated carbocycles. The first-order valence-corrected chi connectivity index (χ1v) is 7.79. The Labute approximate surface area is 135 Å². The van der Waals surface area contributed by atoms with Gasteiger partial charge in [0.2, 0.25) is 0 Å². The molecule has 3 rings (SSSR count). The SMILES string of the molecule is N#Cc1cc(Br)ccc1-n1c(CCCl)nc2ccccc21. The van der Waals surface area contributed by atoms with Gasteiger partial charge in [0.25, 0.3) is 0 Å². The summed E-state index contributed by atoms with van der Waals surface area (Å²) < 4.78 is 2.90. The topological polar surface area (TPSA) is 41.6 Å². The minimum atomic E-state index is 0.488. The highest BCUT2D eigenvalue weighted by Crippen LogP contribution is 2.26. The normalized spacial score (nSPS) is 10.7. The third-order valence-corrected chi connectivity index (χ3v) is 3.95. The molecule has 0 saturated heterocycles. The smallest absolute Gasteiger partial charge is 0.115 e. The molecular weight excluding hydrogens is 350 g/mol. The van der Waals surface area contributed by atoms with Crippen molar-refractivity contribution in [1.82, 2.24) is 9.55 Å². The third kappa shape index (κ3) is 2.55. The van der Waals surface area contributed by atoms with Crippen LogP contribution in [0.1, 0.15) is 11.4 Å². The molecule has 0 bridgehead atoms. The van der Waals surface area contributed by atoms with Gasteiger partial charge in [0, 0.05) is 16.8 Å². The van der Waals surface area contributed by atoms with Crippen LogP contribution in [0.15, 0.2) is 46.9 Å². The molecule has 0 atom stereocenters. The maximum atomic E-state index is 9.40. The van der Waals surface area contributed by atoms with Crippen LogP contribution >= 0.6 is 27.5 Å². The predicted octanol–water partition coefficient (Wildman–Crippen LogP) is 4.44. The number of rotatable bonds is 3. The molecule has 0 fully saturated rings. The molecule has 0 amide bonds. The van der Waals surface area contributed by atoms with Crippen LogP contribution in [0.25, 0.3) is 16.7 Å². The molecule has 21 heavy (non-hydrogen) atoms. The minimum absolute atomic E-state index is 0.488. The van der Waals surface area contributed by atoms with E-state index in [1.54, 1.807) is 0 Å². The Morgan fingerprint density at radius 2 is 2.05 bits per heavy atom. The maximum Gasteiger partial charge on any atom is 0.115 e. The molecule has 0 aliphatic carbocycles. The Hall–Kier alpha value is -1.83. The summed E-state index contributed by atoms with van der Waals surface area (Å²) in [5.41, 5.74) is 3.32. The number of para-hydroxylation sites is 2. The van der Waals surface area contributed by atoms with Gasteiger partial charge in [-0.05, 0) is 30.3 Å². The molecule has 1 heterocycles. The summed E-state index contributed by atoms with van der Waals surface area (Å²) in [5.74, 6) is 1.35. The Morgan fingerprint density at radius 3 is 2.81 bits per heavy atom. The summed E-state index contributed by atoms with van der Waals surface area (Å²) in [5, 5.41) is 9.40. The summed E-state index contributed by atoms with van der Waals surface area (Å²) in [6.45, 7) is 0. The first-order chi connectivity index (χ1) is 10.2. The number of hydrogen-bond acceptors (Lipinski definition) is 2. The lowest BCUT2D eigenvalue weighted by Gasteiger charge is -2.10. The zero-order valence-electron chi connectivity index (χ0n) is 11.1. The van der Waals surface area contributed by atoms with E-state index in [4.69, 9.17) is 11.6 Å². The number of nitriles is 1. The second-order valence-electron chi connectivity index (χ2n) is 4.56. The average Bonchev–Trinajstić information content (AvgIpc) is 2.85. The quantitative estimate of drug-likeness (QED) is 0.648. The zero-order valence-corrected chi connectivity index (χ0v) is 13.4. The van der Waals surface area contributed by atoms with E-state index in [-0.39, 0.29) is 0 Å². The van der Waals surface area contributed by atoms with Gasteiger partial charge in [-0.1, -0.05) is 28.1 Å². The van der Waals surface area contributed by atoms with E-state index in [0.29, 0.717) is 17.9 Å². The molecule has 0 aliphatic rings. The van der Waals surface area contributed by atoms with Crippen LogP contribution in [0.5, 0.6) is 0 Å². The number of aryl methyl sites for hydroxylation is 1. The Balaban J connectivity index is 2.33. The van der Waals surface area contributed by atoms with Gasteiger partial charge >= 0.3 is 0 Å². The van der Waals surface area contributed by atoms with Gasteiger partial charge in [-0.15, -0.1) is 11.6 Å². The van der Waals surface area contributed by atoms with Crippen LogP contribution in [0.2, 0.25) is 0 Å². The monoisotopic (exact) mass is 359 g/mol. The second kappa shape index (κ2) is 5.88. The summed E-state index contributed by atoms with van der Waals surface area (Å²) >= 11 is 9.30. The predicted molar refractivity (Wildman–Crippen MR) is 87.9 cm³/mol. The Morgan fingerprint density at radius 1 is 1.24 bits per heavy atom. The zero-order chi connectivity index (χ0) is 14.8. The number of aromatic nitrogens is 2. The van der Waals surface area contributed by atoms with Crippen molar-refractivity contribution in [3.05, 3.63) is 58.3 Å². The molecule has 0 N–H and O–H groups in total. The largest absolute Gasteiger partial charge is 0.295 e. The summed E-state index contributed by atoms with van der Waals surface area (Å²) in [6.07, 6.45) is 0.650. The van der Waals surface area contributed by atoms with E-state index < -0.39 is 0 Å². The van der Waals surface area contributed by atoms with Crippen molar-refractivity contribution in [2.45, 2.75) is 6.42 Å². The van der Waals surface area contributed by atoms with E-state index in [1.165, 1.54) is 0 Å². The number of halogens is 2. The molecule has 0 unspecified atom stereocenters.